The molecule has 1 N–H and O–H groups in total. The quantitative estimate of drug-likeness (QED) is 0.323. The highest BCUT2D eigenvalue weighted by Crippen LogP contribution is 2.27. The van der Waals surface area contributed by atoms with Crippen molar-refractivity contribution in [3.8, 4) is 11.5 Å². The smallest absolute Gasteiger partial charge is 0.349 e. The number of carbonyl (C=O) groups is 1. The Labute approximate surface area is 177 Å². The Kier molecular flexibility index (Phi) is 4.77. The van der Waals surface area contributed by atoms with E-state index in [2.05, 4.69) is 20.5 Å². The Hall–Kier alpha value is -3.50. The Morgan fingerprint density at radius 3 is 2.80 bits per heavy atom. The van der Waals surface area contributed by atoms with Crippen LogP contribution in [0.5, 0.6) is 0 Å². The molecule has 30 heavy (non-hydrogen) atoms. The molecule has 0 saturated heterocycles. The van der Waals surface area contributed by atoms with Gasteiger partial charge in [-0.15, -0.1) is 10.2 Å². The molecule has 148 valence electrons. The molecule has 5 aromatic rings. The second-order valence-corrected chi connectivity index (χ2v) is 8.14. The molecule has 0 bridgehead atoms. The van der Waals surface area contributed by atoms with Crippen LogP contribution in [-0.2, 0) is 4.79 Å². The van der Waals surface area contributed by atoms with Crippen LogP contribution in [0.4, 0.5) is 5.13 Å². The van der Waals surface area contributed by atoms with Gasteiger partial charge in [0.1, 0.15) is 11.1 Å². The van der Waals surface area contributed by atoms with Crippen LogP contribution in [0.1, 0.15) is 0 Å². The van der Waals surface area contributed by atoms with Crippen molar-refractivity contribution in [3.05, 3.63) is 65.0 Å². The van der Waals surface area contributed by atoms with Crippen molar-refractivity contribution in [2.45, 2.75) is 5.22 Å². The number of fused-ring (bicyclic) bond motifs is 2. The molecule has 3 aromatic heterocycles. The first-order valence-electron chi connectivity index (χ1n) is 8.81. The maximum absolute atomic E-state index is 12.2. The highest BCUT2D eigenvalue weighted by Gasteiger charge is 2.16. The van der Waals surface area contributed by atoms with E-state index in [-0.39, 0.29) is 28.3 Å². The second-order valence-electron chi connectivity index (χ2n) is 6.18. The summed E-state index contributed by atoms with van der Waals surface area (Å²) in [5.74, 6) is -0.142. The van der Waals surface area contributed by atoms with Crippen molar-refractivity contribution < 1.29 is 13.6 Å². The highest BCUT2D eigenvalue weighted by molar-refractivity contribution is 7.99. The Morgan fingerprint density at radius 2 is 1.90 bits per heavy atom. The van der Waals surface area contributed by atoms with E-state index in [4.69, 9.17) is 8.83 Å². The zero-order valence-electron chi connectivity index (χ0n) is 15.2. The molecule has 0 aliphatic heterocycles. The van der Waals surface area contributed by atoms with Gasteiger partial charge in [-0.25, -0.2) is 9.78 Å². The Bertz CT molecular complexity index is 1410. The molecule has 0 saturated carbocycles. The number of hydrogen-bond donors (Lipinski definition) is 1. The number of thiazole rings is 1. The Balaban J connectivity index is 1.27. The maximum Gasteiger partial charge on any atom is 0.349 e. The summed E-state index contributed by atoms with van der Waals surface area (Å²) in [5, 5.41) is 12.0. The summed E-state index contributed by atoms with van der Waals surface area (Å²) in [5.41, 5.74) is 0.919. The number of rotatable bonds is 5. The number of nitrogens with one attached hydrogen (secondary N) is 1. The lowest BCUT2D eigenvalue weighted by atomic mass is 10.2. The van der Waals surface area contributed by atoms with Gasteiger partial charge >= 0.3 is 5.63 Å². The highest BCUT2D eigenvalue weighted by atomic mass is 32.2. The molecule has 0 aliphatic rings. The Morgan fingerprint density at radius 1 is 1.07 bits per heavy atom. The summed E-state index contributed by atoms with van der Waals surface area (Å²) in [6, 6.07) is 16.4. The molecular formula is C20H12N4O4S2. The minimum absolute atomic E-state index is 0.0450. The molecule has 1 amide bonds. The predicted molar refractivity (Wildman–Crippen MR) is 115 cm³/mol. The summed E-state index contributed by atoms with van der Waals surface area (Å²) in [7, 11) is 0. The lowest BCUT2D eigenvalue weighted by Gasteiger charge is -1.99. The summed E-state index contributed by atoms with van der Waals surface area (Å²) < 4.78 is 11.8. The van der Waals surface area contributed by atoms with Gasteiger partial charge in [0.15, 0.2) is 5.13 Å². The number of anilines is 1. The van der Waals surface area contributed by atoms with E-state index in [0.29, 0.717) is 10.7 Å². The minimum Gasteiger partial charge on any atom is -0.422 e. The number of hydrogen-bond acceptors (Lipinski definition) is 9. The molecule has 0 aliphatic carbocycles. The average molecular weight is 436 g/mol. The lowest BCUT2D eigenvalue weighted by Crippen LogP contribution is -2.13. The number of benzene rings is 2. The van der Waals surface area contributed by atoms with Gasteiger partial charge in [0.05, 0.1) is 16.0 Å². The molecule has 0 fully saturated rings. The van der Waals surface area contributed by atoms with E-state index >= 15 is 0 Å². The van der Waals surface area contributed by atoms with Crippen LogP contribution in [0, 0.1) is 0 Å². The van der Waals surface area contributed by atoms with E-state index in [0.717, 1.165) is 27.4 Å². The molecule has 3 heterocycles. The van der Waals surface area contributed by atoms with Gasteiger partial charge in [0.2, 0.25) is 5.91 Å². The van der Waals surface area contributed by atoms with Crippen molar-refractivity contribution in [1.29, 1.82) is 0 Å². The average Bonchev–Trinajstić information content (AvgIpc) is 3.38. The molecule has 0 spiro atoms. The van der Waals surface area contributed by atoms with Gasteiger partial charge in [-0.1, -0.05) is 53.4 Å². The normalized spacial score (nSPS) is 11.2. The molecule has 8 nitrogen and oxygen atoms in total. The first-order valence-corrected chi connectivity index (χ1v) is 10.6. The van der Waals surface area contributed by atoms with Crippen LogP contribution in [-0.4, -0.2) is 26.8 Å². The number of amides is 1. The minimum atomic E-state index is -0.567. The standard InChI is InChI=1S/C20H12N4O4S2/c25-16(22-19-21-13-6-2-4-8-15(13)30-19)10-29-20-24-23-17(28-20)12-9-11-5-1-3-7-14(11)27-18(12)26/h1-9H,10H2,(H,21,22,25). The maximum atomic E-state index is 12.2. The molecule has 2 aromatic carbocycles. The van der Waals surface area contributed by atoms with Crippen molar-refractivity contribution in [2.24, 2.45) is 0 Å². The SMILES string of the molecule is O=C(CSc1nnc(-c2cc3ccccc3oc2=O)o1)Nc1nc2ccccc2s1. The van der Waals surface area contributed by atoms with Crippen LogP contribution >= 0.6 is 23.1 Å². The topological polar surface area (TPSA) is 111 Å². The molecule has 0 radical (unpaired) electrons. The van der Waals surface area contributed by atoms with Crippen LogP contribution in [0.3, 0.4) is 0 Å². The van der Waals surface area contributed by atoms with Crippen LogP contribution in [0.25, 0.3) is 32.6 Å². The molecule has 5 rings (SSSR count). The fourth-order valence-electron chi connectivity index (χ4n) is 2.80. The number of nitrogens with zero attached hydrogens (tertiary/aromatic N) is 3. The summed E-state index contributed by atoms with van der Waals surface area (Å²) in [6.45, 7) is 0. The molecule has 0 atom stereocenters. The van der Waals surface area contributed by atoms with E-state index in [1.807, 2.05) is 36.4 Å². The molecule has 0 unspecified atom stereocenters. The van der Waals surface area contributed by atoms with Gasteiger partial charge in [-0.2, -0.15) is 0 Å². The van der Waals surface area contributed by atoms with E-state index in [1.165, 1.54) is 11.3 Å². The fraction of sp³-hybridized carbons (Fsp3) is 0.0500. The number of thioether (sulfide) groups is 1. The largest absolute Gasteiger partial charge is 0.422 e. The van der Waals surface area contributed by atoms with Crippen LogP contribution in [0.2, 0.25) is 0 Å². The van der Waals surface area contributed by atoms with Gasteiger partial charge < -0.3 is 14.2 Å². The first-order chi connectivity index (χ1) is 14.7. The third-order valence-electron chi connectivity index (χ3n) is 4.15. The second kappa shape index (κ2) is 7.73. The zero-order valence-corrected chi connectivity index (χ0v) is 16.8. The lowest BCUT2D eigenvalue weighted by molar-refractivity contribution is -0.113. The van der Waals surface area contributed by atoms with Crippen molar-refractivity contribution >= 4 is 55.3 Å². The number of aromatic nitrogens is 3. The van der Waals surface area contributed by atoms with Gasteiger partial charge in [-0.3, -0.25) is 4.79 Å². The number of carbonyl (C=O) groups excluding carboxylic acids is 1. The van der Waals surface area contributed by atoms with Gasteiger partial charge in [0, 0.05) is 5.39 Å². The van der Waals surface area contributed by atoms with Gasteiger partial charge in [0.25, 0.3) is 11.1 Å². The van der Waals surface area contributed by atoms with Gasteiger partial charge in [-0.05, 0) is 24.3 Å². The molecular weight excluding hydrogens is 424 g/mol. The van der Waals surface area contributed by atoms with Crippen molar-refractivity contribution in [3.63, 3.8) is 0 Å². The third kappa shape index (κ3) is 3.70. The predicted octanol–water partition coefficient (Wildman–Crippen LogP) is 4.18. The fourth-order valence-corrected chi connectivity index (χ4v) is 4.24. The molecule has 10 heteroatoms. The van der Waals surface area contributed by atoms with Crippen LogP contribution in [0.15, 0.2) is 73.4 Å². The van der Waals surface area contributed by atoms with E-state index < -0.39 is 5.63 Å². The number of para-hydroxylation sites is 2. The third-order valence-corrected chi connectivity index (χ3v) is 5.92. The van der Waals surface area contributed by atoms with Crippen LogP contribution < -0.4 is 10.9 Å². The zero-order chi connectivity index (χ0) is 20.5. The summed E-state index contributed by atoms with van der Waals surface area (Å²) >= 11 is 2.47. The summed E-state index contributed by atoms with van der Waals surface area (Å²) in [4.78, 5) is 28.8. The first kappa shape index (κ1) is 18.5. The van der Waals surface area contributed by atoms with Crippen molar-refractivity contribution in [2.75, 3.05) is 11.1 Å². The summed E-state index contributed by atoms with van der Waals surface area (Å²) in [6.07, 6.45) is 0. The van der Waals surface area contributed by atoms with Crippen molar-refractivity contribution in [1.82, 2.24) is 15.2 Å². The monoisotopic (exact) mass is 436 g/mol. The van der Waals surface area contributed by atoms with E-state index in [9.17, 15) is 9.59 Å². The van der Waals surface area contributed by atoms with E-state index in [1.54, 1.807) is 18.2 Å².